The topological polar surface area (TPSA) is 107 Å². The molecule has 0 spiro atoms. The lowest BCUT2D eigenvalue weighted by molar-refractivity contribution is -0.119. The largest absolute Gasteiger partial charge is 0.351 e. The van der Waals surface area contributed by atoms with Gasteiger partial charge in [-0.25, -0.2) is 9.78 Å². The van der Waals surface area contributed by atoms with Crippen LogP contribution in [-0.4, -0.2) is 26.7 Å². The quantitative estimate of drug-likeness (QED) is 0.609. The minimum Gasteiger partial charge on any atom is -0.351 e. The molecule has 0 aliphatic rings. The van der Waals surface area contributed by atoms with Gasteiger partial charge in [0.15, 0.2) is 5.16 Å². The average Bonchev–Trinajstić information content (AvgIpc) is 2.51. The highest BCUT2D eigenvalue weighted by molar-refractivity contribution is 8.00. The molecule has 134 valence electrons. The molecule has 2 rings (SSSR count). The molecule has 0 saturated heterocycles. The number of thioether (sulfide) groups is 1. The lowest BCUT2D eigenvalue weighted by atomic mass is 10.2. The Balaban J connectivity index is 2.50. The van der Waals surface area contributed by atoms with E-state index in [4.69, 9.17) is 17.3 Å². The molecule has 1 atom stereocenters. The first-order chi connectivity index (χ1) is 11.7. The van der Waals surface area contributed by atoms with Gasteiger partial charge in [0.05, 0.1) is 16.2 Å². The van der Waals surface area contributed by atoms with Gasteiger partial charge in [-0.05, 0) is 31.0 Å². The zero-order valence-corrected chi connectivity index (χ0v) is 15.6. The number of hydrogen-bond donors (Lipinski definition) is 2. The number of halogens is 1. The van der Waals surface area contributed by atoms with Gasteiger partial charge in [-0.2, -0.15) is 0 Å². The molecule has 0 fully saturated rings. The van der Waals surface area contributed by atoms with Crippen LogP contribution in [0.3, 0.4) is 0 Å². The van der Waals surface area contributed by atoms with Gasteiger partial charge in [0.2, 0.25) is 5.91 Å². The molecule has 25 heavy (non-hydrogen) atoms. The Morgan fingerprint density at radius 1 is 1.36 bits per heavy atom. The number of carbonyl (C=O) groups is 2. The molecule has 7 nitrogen and oxygen atoms in total. The fourth-order valence-electron chi connectivity index (χ4n) is 2.22. The van der Waals surface area contributed by atoms with Crippen LogP contribution in [0.25, 0.3) is 10.9 Å². The molecule has 0 saturated carbocycles. The molecule has 0 aliphatic carbocycles. The van der Waals surface area contributed by atoms with E-state index in [9.17, 15) is 14.4 Å². The number of urea groups is 1. The number of nitrogens with two attached hydrogens (primary N) is 1. The van der Waals surface area contributed by atoms with Gasteiger partial charge in [-0.3, -0.25) is 19.5 Å². The Labute approximate surface area is 153 Å². The van der Waals surface area contributed by atoms with Gasteiger partial charge >= 0.3 is 6.03 Å². The summed E-state index contributed by atoms with van der Waals surface area (Å²) < 4.78 is 1.53. The molecule has 1 heterocycles. The predicted octanol–water partition coefficient (Wildman–Crippen LogP) is 2.38. The van der Waals surface area contributed by atoms with Gasteiger partial charge in [0.1, 0.15) is 0 Å². The summed E-state index contributed by atoms with van der Waals surface area (Å²) >= 11 is 7.08. The number of fused-ring (bicyclic) bond motifs is 1. The van der Waals surface area contributed by atoms with Gasteiger partial charge in [-0.1, -0.05) is 37.2 Å². The third-order valence-electron chi connectivity index (χ3n) is 3.33. The van der Waals surface area contributed by atoms with Crippen molar-refractivity contribution in [3.05, 3.63) is 33.6 Å². The Morgan fingerprint density at radius 3 is 2.64 bits per heavy atom. The highest BCUT2D eigenvalue weighted by Crippen LogP contribution is 2.24. The first-order valence-corrected chi connectivity index (χ1v) is 8.92. The monoisotopic (exact) mass is 382 g/mol. The second-order valence-corrected chi connectivity index (χ2v) is 7.72. The summed E-state index contributed by atoms with van der Waals surface area (Å²) in [5.41, 5.74) is 5.25. The van der Waals surface area contributed by atoms with Crippen molar-refractivity contribution in [1.29, 1.82) is 0 Å². The normalized spacial score (nSPS) is 12.4. The zero-order chi connectivity index (χ0) is 18.7. The number of amides is 3. The number of imide groups is 1. The molecule has 3 N–H and O–H groups in total. The minimum absolute atomic E-state index is 0.199. The molecular weight excluding hydrogens is 364 g/mol. The number of carbonyl (C=O) groups excluding carboxylic acids is 2. The van der Waals surface area contributed by atoms with Crippen molar-refractivity contribution in [1.82, 2.24) is 14.9 Å². The number of rotatable bonds is 5. The van der Waals surface area contributed by atoms with Crippen molar-refractivity contribution in [2.24, 2.45) is 11.7 Å². The fraction of sp³-hybridized carbons (Fsp3) is 0.375. The Bertz CT molecular complexity index is 882. The van der Waals surface area contributed by atoms with Crippen molar-refractivity contribution in [3.63, 3.8) is 0 Å². The van der Waals surface area contributed by atoms with Gasteiger partial charge in [-0.15, -0.1) is 0 Å². The summed E-state index contributed by atoms with van der Waals surface area (Å²) in [5.74, 6) is -0.343. The standard InChI is InChI=1S/C16H19ClN4O3S/c1-8(2)7-21-14(23)11-6-10(17)4-5-12(11)19-16(21)25-9(3)13(22)20-15(18)24/h4-6,8-9H,7H2,1-3H3,(H3,18,20,22,24)/t9-/m0/s1. The third kappa shape index (κ3) is 4.73. The third-order valence-corrected chi connectivity index (χ3v) is 4.65. The van der Waals surface area contributed by atoms with E-state index >= 15 is 0 Å². The Kier molecular flexibility index (Phi) is 6.07. The van der Waals surface area contributed by atoms with Crippen LogP contribution in [-0.2, 0) is 11.3 Å². The summed E-state index contributed by atoms with van der Waals surface area (Å²) in [6, 6.07) is 3.98. The molecule has 0 bridgehead atoms. The highest BCUT2D eigenvalue weighted by Gasteiger charge is 2.20. The molecule has 0 aliphatic heterocycles. The molecule has 1 aromatic heterocycles. The minimum atomic E-state index is -0.918. The van der Waals surface area contributed by atoms with Gasteiger partial charge < -0.3 is 5.73 Å². The van der Waals surface area contributed by atoms with E-state index in [0.717, 1.165) is 11.8 Å². The number of benzene rings is 1. The summed E-state index contributed by atoms with van der Waals surface area (Å²) in [7, 11) is 0. The van der Waals surface area contributed by atoms with Crippen LogP contribution in [0, 0.1) is 5.92 Å². The lowest BCUT2D eigenvalue weighted by Gasteiger charge is -2.17. The maximum atomic E-state index is 12.8. The number of primary amides is 1. The SMILES string of the molecule is CC(C)Cn1c(S[C@@H](C)C(=O)NC(N)=O)nc2ccc(Cl)cc2c1=O. The van der Waals surface area contributed by atoms with E-state index in [-0.39, 0.29) is 11.5 Å². The second kappa shape index (κ2) is 7.88. The van der Waals surface area contributed by atoms with E-state index in [2.05, 4.69) is 4.98 Å². The first-order valence-electron chi connectivity index (χ1n) is 7.66. The van der Waals surface area contributed by atoms with Crippen molar-refractivity contribution < 1.29 is 9.59 Å². The van der Waals surface area contributed by atoms with Crippen molar-refractivity contribution in [2.75, 3.05) is 0 Å². The Hall–Kier alpha value is -2.06. The van der Waals surface area contributed by atoms with E-state index < -0.39 is 17.2 Å². The van der Waals surface area contributed by atoms with E-state index in [0.29, 0.717) is 27.6 Å². The van der Waals surface area contributed by atoms with Crippen molar-refractivity contribution in [3.8, 4) is 0 Å². The number of nitrogens with zero attached hydrogens (tertiary/aromatic N) is 2. The molecule has 9 heteroatoms. The fourth-order valence-corrected chi connectivity index (χ4v) is 3.31. The van der Waals surface area contributed by atoms with Gasteiger partial charge in [0.25, 0.3) is 5.56 Å². The van der Waals surface area contributed by atoms with Crippen LogP contribution in [0.15, 0.2) is 28.2 Å². The summed E-state index contributed by atoms with van der Waals surface area (Å²) in [6.07, 6.45) is 0. The highest BCUT2D eigenvalue weighted by atomic mass is 35.5. The van der Waals surface area contributed by atoms with Gasteiger partial charge in [0, 0.05) is 11.6 Å². The van der Waals surface area contributed by atoms with Crippen molar-refractivity contribution in [2.45, 2.75) is 37.7 Å². The van der Waals surface area contributed by atoms with Crippen LogP contribution >= 0.6 is 23.4 Å². The van der Waals surface area contributed by atoms with Crippen LogP contribution in [0.1, 0.15) is 20.8 Å². The maximum Gasteiger partial charge on any atom is 0.318 e. The molecule has 3 amide bonds. The van der Waals surface area contributed by atoms with E-state index in [1.54, 1.807) is 25.1 Å². The van der Waals surface area contributed by atoms with Crippen molar-refractivity contribution >= 4 is 46.2 Å². The number of aromatic nitrogens is 2. The Morgan fingerprint density at radius 2 is 2.04 bits per heavy atom. The van der Waals surface area contributed by atoms with Crippen LogP contribution in [0.5, 0.6) is 0 Å². The summed E-state index contributed by atoms with van der Waals surface area (Å²) in [6.45, 7) is 6.01. The summed E-state index contributed by atoms with van der Waals surface area (Å²) in [4.78, 5) is 40.1. The number of hydrogen-bond acceptors (Lipinski definition) is 5. The second-order valence-electron chi connectivity index (χ2n) is 5.98. The molecule has 2 aromatic rings. The molecule has 0 unspecified atom stereocenters. The van der Waals surface area contributed by atoms with Crippen LogP contribution < -0.4 is 16.6 Å². The first kappa shape index (κ1) is 19.3. The smallest absolute Gasteiger partial charge is 0.318 e. The maximum absolute atomic E-state index is 12.8. The molecule has 1 aromatic carbocycles. The number of nitrogens with one attached hydrogen (secondary N) is 1. The zero-order valence-electron chi connectivity index (χ0n) is 14.1. The molecule has 0 radical (unpaired) electrons. The van der Waals surface area contributed by atoms with Crippen LogP contribution in [0.4, 0.5) is 4.79 Å². The average molecular weight is 383 g/mol. The lowest BCUT2D eigenvalue weighted by Crippen LogP contribution is -2.39. The molecular formula is C16H19ClN4O3S. The summed E-state index contributed by atoms with van der Waals surface area (Å²) in [5, 5.41) is 2.66. The van der Waals surface area contributed by atoms with Crippen LogP contribution in [0.2, 0.25) is 5.02 Å². The predicted molar refractivity (Wildman–Crippen MR) is 98.9 cm³/mol. The van der Waals surface area contributed by atoms with E-state index in [1.807, 2.05) is 19.2 Å². The van der Waals surface area contributed by atoms with E-state index in [1.165, 1.54) is 4.57 Å².